The molecule has 1 aliphatic carbocycles. The first kappa shape index (κ1) is 14.3. The summed E-state index contributed by atoms with van der Waals surface area (Å²) in [6, 6.07) is 1.57. The van der Waals surface area contributed by atoms with E-state index in [4.69, 9.17) is 0 Å². The number of carboxylic acid groups (broad SMARTS) is 1. The highest BCUT2D eigenvalue weighted by atomic mass is 32.1. The number of aromatic carboxylic acids is 1. The summed E-state index contributed by atoms with van der Waals surface area (Å²) in [4.78, 5) is 38.4. The van der Waals surface area contributed by atoms with E-state index in [1.807, 2.05) is 13.8 Å². The van der Waals surface area contributed by atoms with Gasteiger partial charge >= 0.3 is 5.97 Å². The van der Waals surface area contributed by atoms with Gasteiger partial charge in [-0.25, -0.2) is 9.69 Å². The van der Waals surface area contributed by atoms with E-state index >= 15 is 0 Å². The Bertz CT molecular complexity index is 612. The highest BCUT2D eigenvalue weighted by Crippen LogP contribution is 2.46. The van der Waals surface area contributed by atoms with Crippen molar-refractivity contribution in [3.63, 3.8) is 0 Å². The molecule has 2 unspecified atom stereocenters. The highest BCUT2D eigenvalue weighted by molar-refractivity contribution is 7.17. The number of carboxylic acids is 1. The van der Waals surface area contributed by atoms with Gasteiger partial charge in [0.05, 0.1) is 17.4 Å². The van der Waals surface area contributed by atoms with E-state index in [1.54, 1.807) is 6.07 Å². The van der Waals surface area contributed by atoms with Gasteiger partial charge in [-0.1, -0.05) is 13.8 Å². The number of hydrogen-bond donors (Lipinski definition) is 1. The van der Waals surface area contributed by atoms with E-state index in [2.05, 4.69) is 0 Å². The van der Waals surface area contributed by atoms with Crippen LogP contribution in [0.5, 0.6) is 0 Å². The molecule has 0 aromatic carbocycles. The van der Waals surface area contributed by atoms with E-state index in [9.17, 15) is 19.5 Å². The fourth-order valence-electron chi connectivity index (χ4n) is 3.40. The minimum absolute atomic E-state index is 0.0616. The molecule has 5 nitrogen and oxygen atoms in total. The molecule has 1 saturated heterocycles. The average molecular weight is 307 g/mol. The van der Waals surface area contributed by atoms with Crippen molar-refractivity contribution >= 4 is 34.1 Å². The number of carbonyl (C=O) groups excluding carboxylic acids is 2. The molecule has 1 aromatic rings. The van der Waals surface area contributed by atoms with Gasteiger partial charge in [-0.3, -0.25) is 9.59 Å². The zero-order valence-corrected chi connectivity index (χ0v) is 12.8. The third kappa shape index (κ3) is 2.09. The molecule has 0 spiro atoms. The smallest absolute Gasteiger partial charge is 0.338 e. The quantitative estimate of drug-likeness (QED) is 0.871. The van der Waals surface area contributed by atoms with Crippen molar-refractivity contribution in [2.75, 3.05) is 4.90 Å². The maximum atomic E-state index is 12.5. The molecule has 2 fully saturated rings. The Morgan fingerprint density at radius 2 is 1.90 bits per heavy atom. The molecule has 0 bridgehead atoms. The summed E-state index contributed by atoms with van der Waals surface area (Å²) < 4.78 is 0. The summed E-state index contributed by atoms with van der Waals surface area (Å²) >= 11 is 1.24. The Kier molecular flexibility index (Phi) is 3.36. The summed E-state index contributed by atoms with van der Waals surface area (Å²) in [6.45, 7) is 3.97. The summed E-state index contributed by atoms with van der Waals surface area (Å²) in [5.74, 6) is -1.68. The first-order valence-corrected chi connectivity index (χ1v) is 7.99. The van der Waals surface area contributed by atoms with E-state index in [1.165, 1.54) is 11.3 Å². The van der Waals surface area contributed by atoms with Crippen molar-refractivity contribution in [2.45, 2.75) is 33.1 Å². The molecule has 1 N–H and O–H groups in total. The zero-order valence-electron chi connectivity index (χ0n) is 12.0. The van der Waals surface area contributed by atoms with Crippen molar-refractivity contribution in [1.29, 1.82) is 0 Å². The topological polar surface area (TPSA) is 74.7 Å². The van der Waals surface area contributed by atoms with Gasteiger partial charge in [0, 0.05) is 4.88 Å². The third-order valence-electron chi connectivity index (χ3n) is 4.42. The van der Waals surface area contributed by atoms with Gasteiger partial charge in [-0.05, 0) is 31.2 Å². The lowest BCUT2D eigenvalue weighted by Gasteiger charge is -2.15. The van der Waals surface area contributed by atoms with Gasteiger partial charge < -0.3 is 5.11 Å². The fraction of sp³-hybridized carbons (Fsp3) is 0.533. The SMILES string of the molecule is CCc1cc(C(=O)O)c(N2C(=O)C3CC(C)CC3C2=O)s1. The van der Waals surface area contributed by atoms with Crippen LogP contribution in [-0.4, -0.2) is 22.9 Å². The molecule has 112 valence electrons. The second kappa shape index (κ2) is 4.94. The number of thiophene rings is 1. The maximum Gasteiger partial charge on any atom is 0.338 e. The number of amides is 2. The van der Waals surface area contributed by atoms with Gasteiger partial charge in [0.2, 0.25) is 11.8 Å². The van der Waals surface area contributed by atoms with Gasteiger partial charge in [0.1, 0.15) is 5.00 Å². The van der Waals surface area contributed by atoms with Crippen molar-refractivity contribution < 1.29 is 19.5 Å². The largest absolute Gasteiger partial charge is 0.478 e. The van der Waals surface area contributed by atoms with E-state index in [0.29, 0.717) is 12.3 Å². The number of anilines is 1. The number of hydrogen-bond acceptors (Lipinski definition) is 4. The Morgan fingerprint density at radius 1 is 1.33 bits per heavy atom. The molecular formula is C15H17NO4S. The van der Waals surface area contributed by atoms with E-state index < -0.39 is 5.97 Å². The van der Waals surface area contributed by atoms with Crippen LogP contribution in [0.15, 0.2) is 6.07 Å². The molecular weight excluding hydrogens is 290 g/mol. The average Bonchev–Trinajstić information content (AvgIpc) is 3.06. The number of nitrogens with zero attached hydrogens (tertiary/aromatic N) is 1. The minimum Gasteiger partial charge on any atom is -0.478 e. The number of fused-ring (bicyclic) bond motifs is 1. The predicted octanol–water partition coefficient (Wildman–Crippen LogP) is 2.54. The van der Waals surface area contributed by atoms with Crippen molar-refractivity contribution in [2.24, 2.45) is 17.8 Å². The summed E-state index contributed by atoms with van der Waals surface area (Å²) in [7, 11) is 0. The Morgan fingerprint density at radius 3 is 2.38 bits per heavy atom. The Hall–Kier alpha value is -1.69. The van der Waals surface area contributed by atoms with Crippen LogP contribution in [0.3, 0.4) is 0 Å². The minimum atomic E-state index is -1.09. The van der Waals surface area contributed by atoms with Crippen molar-refractivity contribution in [3.05, 3.63) is 16.5 Å². The summed E-state index contributed by atoms with van der Waals surface area (Å²) in [5, 5.41) is 9.60. The van der Waals surface area contributed by atoms with Crippen LogP contribution in [0.1, 0.15) is 41.9 Å². The Balaban J connectivity index is 2.02. The number of imide groups is 1. The monoisotopic (exact) mass is 307 g/mol. The van der Waals surface area contributed by atoms with Crippen LogP contribution in [0.4, 0.5) is 5.00 Å². The van der Waals surface area contributed by atoms with Crippen molar-refractivity contribution in [1.82, 2.24) is 0 Å². The number of rotatable bonds is 3. The number of carbonyl (C=O) groups is 3. The molecule has 1 aromatic heterocycles. The molecule has 2 aliphatic rings. The van der Waals surface area contributed by atoms with Crippen LogP contribution in [0.25, 0.3) is 0 Å². The predicted molar refractivity (Wildman–Crippen MR) is 78.5 cm³/mol. The summed E-state index contributed by atoms with van der Waals surface area (Å²) in [5.41, 5.74) is 0.0616. The second-order valence-electron chi connectivity index (χ2n) is 5.89. The van der Waals surface area contributed by atoms with E-state index in [-0.39, 0.29) is 34.2 Å². The first-order chi connectivity index (χ1) is 9.93. The normalized spacial score (nSPS) is 28.3. The van der Waals surface area contributed by atoms with E-state index in [0.717, 1.165) is 22.6 Å². The molecule has 6 heteroatoms. The molecule has 2 amide bonds. The van der Waals surface area contributed by atoms with Gasteiger partial charge in [-0.15, -0.1) is 11.3 Å². The molecule has 3 rings (SSSR count). The van der Waals surface area contributed by atoms with Crippen LogP contribution in [0.2, 0.25) is 0 Å². The number of aryl methyl sites for hydroxylation is 1. The van der Waals surface area contributed by atoms with Gasteiger partial charge in [-0.2, -0.15) is 0 Å². The van der Waals surface area contributed by atoms with Gasteiger partial charge in [0.25, 0.3) is 0 Å². The van der Waals surface area contributed by atoms with Crippen LogP contribution in [-0.2, 0) is 16.0 Å². The Labute approximate surface area is 126 Å². The highest BCUT2D eigenvalue weighted by Gasteiger charge is 2.53. The second-order valence-corrected chi connectivity index (χ2v) is 7.01. The standard InChI is InChI=1S/C15H17NO4S/c1-3-8-6-11(15(19)20)14(21-8)16-12(17)9-4-7(2)5-10(9)13(16)18/h6-7,9-10H,3-5H2,1-2H3,(H,19,20). The maximum absolute atomic E-state index is 12.5. The third-order valence-corrected chi connectivity index (χ3v) is 5.68. The van der Waals surface area contributed by atoms with Crippen LogP contribution >= 0.6 is 11.3 Å². The van der Waals surface area contributed by atoms with Crippen molar-refractivity contribution in [3.8, 4) is 0 Å². The lowest BCUT2D eigenvalue weighted by atomic mass is 10.00. The van der Waals surface area contributed by atoms with Crippen LogP contribution < -0.4 is 4.90 Å². The molecule has 1 aliphatic heterocycles. The first-order valence-electron chi connectivity index (χ1n) is 7.17. The van der Waals surface area contributed by atoms with Gasteiger partial charge in [0.15, 0.2) is 0 Å². The molecule has 2 atom stereocenters. The lowest BCUT2D eigenvalue weighted by Crippen LogP contribution is -2.32. The molecule has 1 saturated carbocycles. The lowest BCUT2D eigenvalue weighted by molar-refractivity contribution is -0.122. The zero-order chi connectivity index (χ0) is 15.3. The molecule has 2 heterocycles. The van der Waals surface area contributed by atoms with Crippen LogP contribution in [0, 0.1) is 17.8 Å². The molecule has 0 radical (unpaired) electrons. The fourth-order valence-corrected chi connectivity index (χ4v) is 4.50. The summed E-state index contributed by atoms with van der Waals surface area (Å²) in [6.07, 6.45) is 2.13. The molecule has 21 heavy (non-hydrogen) atoms.